The topological polar surface area (TPSA) is 73.3 Å². The van der Waals surface area contributed by atoms with Crippen LogP contribution in [0, 0.1) is 0 Å². The van der Waals surface area contributed by atoms with Gasteiger partial charge in [-0.2, -0.15) is 0 Å². The fraction of sp³-hybridized carbons (Fsp3) is 0.600. The summed E-state index contributed by atoms with van der Waals surface area (Å²) in [5.41, 5.74) is -1.25. The van der Waals surface area contributed by atoms with E-state index in [0.717, 1.165) is 10.6 Å². The highest BCUT2D eigenvalue weighted by atomic mass is 28.4. The highest BCUT2D eigenvalue weighted by Gasteiger charge is 2.39. The van der Waals surface area contributed by atoms with Crippen molar-refractivity contribution in [2.75, 3.05) is 6.61 Å². The van der Waals surface area contributed by atoms with Crippen molar-refractivity contribution < 1.29 is 13.6 Å². The molecule has 1 aliphatic heterocycles. The molecule has 0 bridgehead atoms. The third kappa shape index (κ3) is 3.88. The Morgan fingerprint density at radius 1 is 1.39 bits per heavy atom. The van der Waals surface area contributed by atoms with E-state index in [1.165, 1.54) is 12.3 Å². The van der Waals surface area contributed by atoms with Crippen LogP contribution in [0.25, 0.3) is 0 Å². The molecule has 2 atom stereocenters. The zero-order chi connectivity index (χ0) is 17.4. The fourth-order valence-corrected chi connectivity index (χ4v) is 2.95. The van der Waals surface area contributed by atoms with E-state index in [4.69, 9.17) is 9.16 Å². The van der Waals surface area contributed by atoms with Gasteiger partial charge >= 0.3 is 5.69 Å². The van der Waals surface area contributed by atoms with Gasteiger partial charge in [-0.15, -0.1) is 0 Å². The van der Waals surface area contributed by atoms with E-state index in [2.05, 4.69) is 38.8 Å². The van der Waals surface area contributed by atoms with E-state index < -0.39 is 37.7 Å². The van der Waals surface area contributed by atoms with Crippen molar-refractivity contribution in [1.29, 1.82) is 0 Å². The molecule has 1 aromatic rings. The molecule has 0 fully saturated rings. The second-order valence-corrected chi connectivity index (χ2v) is 12.0. The summed E-state index contributed by atoms with van der Waals surface area (Å²) in [5, 5.41) is 0.0448. The maximum atomic E-state index is 14.1. The first-order valence-electron chi connectivity index (χ1n) is 7.49. The largest absolute Gasteiger partial charge is 0.414 e. The molecule has 2 rings (SSSR count). The zero-order valence-electron chi connectivity index (χ0n) is 14.1. The van der Waals surface area contributed by atoms with Gasteiger partial charge in [-0.05, 0) is 24.2 Å². The molecule has 1 aromatic heterocycles. The minimum absolute atomic E-state index is 0.0448. The van der Waals surface area contributed by atoms with Crippen LogP contribution in [0.15, 0.2) is 33.8 Å². The van der Waals surface area contributed by atoms with Crippen LogP contribution < -0.4 is 11.2 Å². The second-order valence-electron chi connectivity index (χ2n) is 7.17. The van der Waals surface area contributed by atoms with E-state index in [-0.39, 0.29) is 11.6 Å². The SMILES string of the molecule is CC(C)(C)[Si](C)(C)OC[C@H]1C=C(F)C(n2ccc(=O)[nH]c2=O)O1. The lowest BCUT2D eigenvalue weighted by atomic mass is 10.2. The number of H-pyrrole nitrogens is 1. The summed E-state index contributed by atoms with van der Waals surface area (Å²) < 4.78 is 26.7. The molecule has 1 aliphatic rings. The maximum absolute atomic E-state index is 14.1. The normalized spacial score (nSPS) is 22.3. The number of halogens is 1. The van der Waals surface area contributed by atoms with Gasteiger partial charge in [0, 0.05) is 12.3 Å². The molecular formula is C15H23FN2O4Si. The summed E-state index contributed by atoms with van der Waals surface area (Å²) >= 11 is 0. The highest BCUT2D eigenvalue weighted by Crippen LogP contribution is 2.37. The van der Waals surface area contributed by atoms with Crippen molar-refractivity contribution >= 4 is 8.32 Å². The average Bonchev–Trinajstić information content (AvgIpc) is 2.76. The maximum Gasteiger partial charge on any atom is 0.330 e. The Labute approximate surface area is 135 Å². The van der Waals surface area contributed by atoms with Crippen LogP contribution in [-0.4, -0.2) is 30.6 Å². The van der Waals surface area contributed by atoms with Crippen LogP contribution in [0.3, 0.4) is 0 Å². The quantitative estimate of drug-likeness (QED) is 0.852. The third-order valence-electron chi connectivity index (χ3n) is 4.40. The molecule has 23 heavy (non-hydrogen) atoms. The van der Waals surface area contributed by atoms with Crippen molar-refractivity contribution in [2.24, 2.45) is 0 Å². The van der Waals surface area contributed by atoms with Crippen molar-refractivity contribution in [3.05, 3.63) is 45.0 Å². The number of hydrogen-bond acceptors (Lipinski definition) is 4. The van der Waals surface area contributed by atoms with Gasteiger partial charge < -0.3 is 9.16 Å². The lowest BCUT2D eigenvalue weighted by molar-refractivity contribution is -0.0192. The molecule has 0 saturated heterocycles. The summed E-state index contributed by atoms with van der Waals surface area (Å²) in [4.78, 5) is 24.9. The number of nitrogens with one attached hydrogen (secondary N) is 1. The standard InChI is InChI=1S/C15H23FN2O4Si/c1-15(2,3)23(4,5)21-9-10-8-11(16)13(22-10)18-7-6-12(19)17-14(18)20/h6-8,10,13H,9H2,1-5H3,(H,17,19,20)/t10-,13?/m1/s1. The summed E-state index contributed by atoms with van der Waals surface area (Å²) in [5.74, 6) is -0.567. The molecule has 6 nitrogen and oxygen atoms in total. The van der Waals surface area contributed by atoms with Gasteiger partial charge in [0.05, 0.1) is 6.61 Å². The molecule has 0 radical (unpaired) electrons. The predicted octanol–water partition coefficient (Wildman–Crippen LogP) is 2.31. The molecule has 1 N–H and O–H groups in total. The molecular weight excluding hydrogens is 319 g/mol. The summed E-state index contributed by atoms with van der Waals surface area (Å²) in [6.45, 7) is 10.8. The lowest BCUT2D eigenvalue weighted by Crippen LogP contribution is -2.42. The van der Waals surface area contributed by atoms with E-state index in [9.17, 15) is 14.0 Å². The number of aromatic amines is 1. The van der Waals surface area contributed by atoms with Crippen LogP contribution in [-0.2, 0) is 9.16 Å². The minimum atomic E-state index is -1.96. The Morgan fingerprint density at radius 3 is 2.61 bits per heavy atom. The van der Waals surface area contributed by atoms with Crippen LogP contribution in [0.4, 0.5) is 4.39 Å². The Kier molecular flexibility index (Phi) is 4.79. The molecule has 0 aromatic carbocycles. The summed E-state index contributed by atoms with van der Waals surface area (Å²) in [7, 11) is -1.96. The van der Waals surface area contributed by atoms with Crippen molar-refractivity contribution in [2.45, 2.75) is 51.2 Å². The van der Waals surface area contributed by atoms with Gasteiger partial charge in [-0.25, -0.2) is 9.18 Å². The minimum Gasteiger partial charge on any atom is -0.414 e. The first-order chi connectivity index (χ1) is 10.5. The van der Waals surface area contributed by atoms with Crippen LogP contribution >= 0.6 is 0 Å². The summed E-state index contributed by atoms with van der Waals surface area (Å²) in [6.07, 6.45) is 0.811. The van der Waals surface area contributed by atoms with Gasteiger partial charge in [0.15, 0.2) is 14.5 Å². The van der Waals surface area contributed by atoms with Crippen molar-refractivity contribution in [3.63, 3.8) is 0 Å². The van der Waals surface area contributed by atoms with Crippen LogP contribution in [0.5, 0.6) is 0 Å². The number of ether oxygens (including phenoxy) is 1. The van der Waals surface area contributed by atoms with E-state index in [1.807, 2.05) is 0 Å². The number of aromatic nitrogens is 2. The van der Waals surface area contributed by atoms with Gasteiger partial charge in [-0.3, -0.25) is 14.3 Å². The molecule has 0 saturated carbocycles. The van der Waals surface area contributed by atoms with E-state index >= 15 is 0 Å². The van der Waals surface area contributed by atoms with Crippen LogP contribution in [0.2, 0.25) is 18.1 Å². The Morgan fingerprint density at radius 2 is 2.04 bits per heavy atom. The molecule has 2 heterocycles. The molecule has 0 spiro atoms. The lowest BCUT2D eigenvalue weighted by Gasteiger charge is -2.36. The second kappa shape index (κ2) is 6.18. The zero-order valence-corrected chi connectivity index (χ0v) is 15.1. The molecule has 0 aliphatic carbocycles. The van der Waals surface area contributed by atoms with E-state index in [0.29, 0.717) is 0 Å². The van der Waals surface area contributed by atoms with Crippen molar-refractivity contribution in [3.8, 4) is 0 Å². The fourth-order valence-electron chi connectivity index (χ4n) is 1.93. The Balaban J connectivity index is 2.08. The smallest absolute Gasteiger partial charge is 0.330 e. The number of nitrogens with zero attached hydrogens (tertiary/aromatic N) is 1. The van der Waals surface area contributed by atoms with Gasteiger partial charge in [0.1, 0.15) is 11.9 Å². The number of hydrogen-bond donors (Lipinski definition) is 1. The first kappa shape index (κ1) is 17.8. The summed E-state index contributed by atoms with van der Waals surface area (Å²) in [6, 6.07) is 1.15. The molecule has 0 amide bonds. The number of rotatable bonds is 4. The van der Waals surface area contributed by atoms with Gasteiger partial charge in [0.25, 0.3) is 5.56 Å². The molecule has 128 valence electrons. The molecule has 8 heteroatoms. The average molecular weight is 342 g/mol. The Bertz CT molecular complexity index is 717. The van der Waals surface area contributed by atoms with E-state index in [1.54, 1.807) is 0 Å². The predicted molar refractivity (Wildman–Crippen MR) is 87.6 cm³/mol. The van der Waals surface area contributed by atoms with Crippen molar-refractivity contribution in [1.82, 2.24) is 9.55 Å². The van der Waals surface area contributed by atoms with Gasteiger partial charge in [0.2, 0.25) is 0 Å². The Hall–Kier alpha value is -1.51. The first-order valence-corrected chi connectivity index (χ1v) is 10.4. The third-order valence-corrected chi connectivity index (χ3v) is 8.90. The highest BCUT2D eigenvalue weighted by molar-refractivity contribution is 6.74. The monoisotopic (exact) mass is 342 g/mol. The van der Waals surface area contributed by atoms with Crippen LogP contribution in [0.1, 0.15) is 27.0 Å². The molecule has 1 unspecified atom stereocenters. The van der Waals surface area contributed by atoms with Gasteiger partial charge in [-0.1, -0.05) is 20.8 Å².